The monoisotopic (exact) mass is 393 g/mol. The van der Waals surface area contributed by atoms with Crippen molar-refractivity contribution in [2.45, 2.75) is 19.5 Å². The summed E-state index contributed by atoms with van der Waals surface area (Å²) in [4.78, 5) is 19.1. The van der Waals surface area contributed by atoms with Crippen LogP contribution in [0.5, 0.6) is 11.5 Å². The van der Waals surface area contributed by atoms with E-state index in [1.807, 2.05) is 24.3 Å². The average molecular weight is 393 g/mol. The van der Waals surface area contributed by atoms with Gasteiger partial charge in [-0.15, -0.1) is 0 Å². The molecule has 4 rings (SSSR count). The van der Waals surface area contributed by atoms with Crippen LogP contribution >= 0.6 is 0 Å². The van der Waals surface area contributed by atoms with Crippen LogP contribution in [-0.2, 0) is 19.5 Å². The van der Waals surface area contributed by atoms with Gasteiger partial charge in [-0.3, -0.25) is 4.79 Å². The number of carbonyl (C=O) groups excluding carboxylic acids is 1. The molecular formula is C22H23N3O4. The zero-order chi connectivity index (χ0) is 20.2. The minimum absolute atomic E-state index is 0.158. The van der Waals surface area contributed by atoms with Crippen molar-refractivity contribution < 1.29 is 18.7 Å². The van der Waals surface area contributed by atoms with Crippen molar-refractivity contribution in [2.24, 2.45) is 0 Å². The van der Waals surface area contributed by atoms with Gasteiger partial charge < -0.3 is 24.1 Å². The van der Waals surface area contributed by atoms with Gasteiger partial charge >= 0.3 is 0 Å². The van der Waals surface area contributed by atoms with Gasteiger partial charge in [0.05, 0.1) is 27.0 Å². The predicted octanol–water partition coefficient (Wildman–Crippen LogP) is 3.18. The highest BCUT2D eigenvalue weighted by atomic mass is 16.5. The van der Waals surface area contributed by atoms with Gasteiger partial charge in [0.2, 0.25) is 0 Å². The summed E-state index contributed by atoms with van der Waals surface area (Å²) in [6, 6.07) is 11.2. The number of hydrogen-bond donors (Lipinski definition) is 1. The molecule has 0 saturated carbocycles. The molecule has 0 aliphatic carbocycles. The second-order valence-electron chi connectivity index (χ2n) is 6.81. The van der Waals surface area contributed by atoms with Crippen LogP contribution in [0, 0.1) is 0 Å². The molecule has 7 nitrogen and oxygen atoms in total. The number of anilines is 1. The van der Waals surface area contributed by atoms with E-state index in [-0.39, 0.29) is 5.91 Å². The summed E-state index contributed by atoms with van der Waals surface area (Å²) >= 11 is 0. The Bertz CT molecular complexity index is 1000. The van der Waals surface area contributed by atoms with E-state index in [4.69, 9.17) is 13.9 Å². The molecule has 0 atom stereocenters. The number of furan rings is 1. The Balaban J connectivity index is 1.49. The van der Waals surface area contributed by atoms with Crippen LogP contribution in [0.1, 0.15) is 27.2 Å². The molecule has 0 bridgehead atoms. The molecule has 1 aromatic carbocycles. The molecule has 7 heteroatoms. The first-order valence-electron chi connectivity index (χ1n) is 9.43. The SMILES string of the molecule is COc1cc2c(cc1OC)CN(c1cc(C(=O)NCc3ccco3)ccn1)CC2. The molecule has 0 fully saturated rings. The van der Waals surface area contributed by atoms with Gasteiger partial charge in [0.15, 0.2) is 11.5 Å². The number of amides is 1. The number of rotatable bonds is 6. The Kier molecular flexibility index (Phi) is 5.37. The number of benzene rings is 1. The molecule has 29 heavy (non-hydrogen) atoms. The largest absolute Gasteiger partial charge is 0.493 e. The second-order valence-corrected chi connectivity index (χ2v) is 6.81. The topological polar surface area (TPSA) is 76.8 Å². The first kappa shape index (κ1) is 18.9. The summed E-state index contributed by atoms with van der Waals surface area (Å²) < 4.78 is 16.1. The smallest absolute Gasteiger partial charge is 0.251 e. The third-order valence-electron chi connectivity index (χ3n) is 5.05. The van der Waals surface area contributed by atoms with E-state index in [0.29, 0.717) is 30.2 Å². The van der Waals surface area contributed by atoms with Crippen LogP contribution in [0.15, 0.2) is 53.3 Å². The Labute approximate surface area is 169 Å². The van der Waals surface area contributed by atoms with Gasteiger partial charge in [0.1, 0.15) is 11.6 Å². The van der Waals surface area contributed by atoms with Gasteiger partial charge in [-0.1, -0.05) is 0 Å². The van der Waals surface area contributed by atoms with Gasteiger partial charge in [0, 0.05) is 24.8 Å². The molecule has 1 amide bonds. The number of fused-ring (bicyclic) bond motifs is 1. The van der Waals surface area contributed by atoms with Crippen molar-refractivity contribution in [3.63, 3.8) is 0 Å². The van der Waals surface area contributed by atoms with E-state index in [1.54, 1.807) is 38.8 Å². The lowest BCUT2D eigenvalue weighted by molar-refractivity contribution is 0.0948. The predicted molar refractivity (Wildman–Crippen MR) is 108 cm³/mol. The Morgan fingerprint density at radius 1 is 1.17 bits per heavy atom. The Hall–Kier alpha value is -3.48. The molecular weight excluding hydrogens is 370 g/mol. The van der Waals surface area contributed by atoms with E-state index in [2.05, 4.69) is 15.2 Å². The van der Waals surface area contributed by atoms with Crippen LogP contribution in [0.3, 0.4) is 0 Å². The lowest BCUT2D eigenvalue weighted by Gasteiger charge is -2.30. The summed E-state index contributed by atoms with van der Waals surface area (Å²) in [6.07, 6.45) is 4.12. The van der Waals surface area contributed by atoms with Gasteiger partial charge in [-0.05, 0) is 53.9 Å². The van der Waals surface area contributed by atoms with Crippen LogP contribution in [0.2, 0.25) is 0 Å². The number of aromatic nitrogens is 1. The first-order valence-corrected chi connectivity index (χ1v) is 9.43. The van der Waals surface area contributed by atoms with Crippen LogP contribution in [0.4, 0.5) is 5.82 Å². The Morgan fingerprint density at radius 3 is 2.69 bits per heavy atom. The number of methoxy groups -OCH3 is 2. The van der Waals surface area contributed by atoms with Crippen molar-refractivity contribution in [3.05, 3.63) is 71.3 Å². The normalized spacial score (nSPS) is 13.0. The summed E-state index contributed by atoms with van der Waals surface area (Å²) in [5, 5.41) is 2.87. The third-order valence-corrected chi connectivity index (χ3v) is 5.05. The van der Waals surface area contributed by atoms with Crippen molar-refractivity contribution in [2.75, 3.05) is 25.7 Å². The average Bonchev–Trinajstić information content (AvgIpc) is 3.29. The summed E-state index contributed by atoms with van der Waals surface area (Å²) in [7, 11) is 3.28. The lowest BCUT2D eigenvalue weighted by Crippen LogP contribution is -2.31. The minimum atomic E-state index is -0.158. The van der Waals surface area contributed by atoms with Gasteiger partial charge in [0.25, 0.3) is 5.91 Å². The molecule has 2 aromatic heterocycles. The van der Waals surface area contributed by atoms with E-state index in [1.165, 1.54) is 11.1 Å². The quantitative estimate of drug-likeness (QED) is 0.693. The number of carbonyl (C=O) groups is 1. The summed E-state index contributed by atoms with van der Waals surface area (Å²) in [5.41, 5.74) is 2.98. The van der Waals surface area contributed by atoms with E-state index >= 15 is 0 Å². The highest BCUT2D eigenvalue weighted by molar-refractivity contribution is 5.94. The van der Waals surface area contributed by atoms with E-state index in [9.17, 15) is 4.79 Å². The van der Waals surface area contributed by atoms with Crippen molar-refractivity contribution in [1.29, 1.82) is 0 Å². The number of ether oxygens (including phenoxy) is 2. The van der Waals surface area contributed by atoms with Crippen molar-refractivity contribution >= 4 is 11.7 Å². The van der Waals surface area contributed by atoms with E-state index < -0.39 is 0 Å². The highest BCUT2D eigenvalue weighted by Gasteiger charge is 2.21. The van der Waals surface area contributed by atoms with Crippen LogP contribution in [0.25, 0.3) is 0 Å². The maximum atomic E-state index is 12.5. The number of nitrogens with zero attached hydrogens (tertiary/aromatic N) is 2. The first-order chi connectivity index (χ1) is 14.2. The van der Waals surface area contributed by atoms with E-state index in [0.717, 1.165) is 24.5 Å². The molecule has 3 heterocycles. The molecule has 0 radical (unpaired) electrons. The van der Waals surface area contributed by atoms with Crippen molar-refractivity contribution in [3.8, 4) is 11.5 Å². The lowest BCUT2D eigenvalue weighted by atomic mass is 9.98. The number of hydrogen-bond acceptors (Lipinski definition) is 6. The number of nitrogens with one attached hydrogen (secondary N) is 1. The molecule has 0 saturated heterocycles. The van der Waals surface area contributed by atoms with Crippen LogP contribution in [-0.4, -0.2) is 31.7 Å². The maximum absolute atomic E-state index is 12.5. The number of pyridine rings is 1. The van der Waals surface area contributed by atoms with Gasteiger partial charge in [-0.2, -0.15) is 0 Å². The zero-order valence-corrected chi connectivity index (χ0v) is 16.5. The minimum Gasteiger partial charge on any atom is -0.493 e. The van der Waals surface area contributed by atoms with Crippen molar-refractivity contribution in [1.82, 2.24) is 10.3 Å². The third kappa shape index (κ3) is 4.03. The standard InChI is InChI=1S/C22H23N3O4/c1-27-19-10-15-6-8-25(14-17(15)11-20(19)28-2)21-12-16(5-7-23-21)22(26)24-13-18-4-3-9-29-18/h3-5,7,9-12H,6,8,13-14H2,1-2H3,(H,24,26). The molecule has 150 valence electrons. The zero-order valence-electron chi connectivity index (χ0n) is 16.5. The summed E-state index contributed by atoms with van der Waals surface area (Å²) in [6.45, 7) is 1.86. The molecule has 1 N–H and O–H groups in total. The Morgan fingerprint density at radius 2 is 1.97 bits per heavy atom. The molecule has 1 aliphatic rings. The maximum Gasteiger partial charge on any atom is 0.251 e. The molecule has 1 aliphatic heterocycles. The second kappa shape index (κ2) is 8.26. The van der Waals surface area contributed by atoms with Crippen LogP contribution < -0.4 is 19.7 Å². The fraction of sp³-hybridized carbons (Fsp3) is 0.273. The summed E-state index contributed by atoms with van der Waals surface area (Å²) in [5.74, 6) is 2.79. The highest BCUT2D eigenvalue weighted by Crippen LogP contribution is 2.34. The fourth-order valence-electron chi connectivity index (χ4n) is 3.49. The molecule has 0 unspecified atom stereocenters. The van der Waals surface area contributed by atoms with Gasteiger partial charge in [-0.25, -0.2) is 4.98 Å². The molecule has 0 spiro atoms. The molecule has 3 aromatic rings. The fourth-order valence-corrected chi connectivity index (χ4v) is 3.49.